The summed E-state index contributed by atoms with van der Waals surface area (Å²) < 4.78 is 5.01. The number of aromatic nitrogens is 2. The number of aromatic amines is 1. The molecular weight excluding hydrogens is 264 g/mol. The minimum absolute atomic E-state index is 0.126. The van der Waals surface area contributed by atoms with Gasteiger partial charge in [-0.2, -0.15) is 0 Å². The summed E-state index contributed by atoms with van der Waals surface area (Å²) in [6.45, 7) is 2.02. The van der Waals surface area contributed by atoms with E-state index in [9.17, 15) is 9.59 Å². The van der Waals surface area contributed by atoms with E-state index in [0.717, 1.165) is 18.5 Å². The standard InChI is InChI=1S/C13H14N2O3S/c1-2-4-9-7-12(17)15-13(14-9)19-8-10(16)11-5-3-6-18-11/h3,5-7H,2,4,8H2,1H3,(H,14,15,17). The predicted octanol–water partition coefficient (Wildman–Crippen LogP) is 2.29. The molecule has 2 rings (SSSR count). The van der Waals surface area contributed by atoms with Crippen molar-refractivity contribution in [1.82, 2.24) is 9.97 Å². The topological polar surface area (TPSA) is 76.0 Å². The summed E-state index contributed by atoms with van der Waals surface area (Å²) in [6.07, 6.45) is 3.13. The van der Waals surface area contributed by atoms with Crippen molar-refractivity contribution in [1.29, 1.82) is 0 Å². The molecule has 0 saturated heterocycles. The normalized spacial score (nSPS) is 10.6. The average Bonchev–Trinajstić information content (AvgIpc) is 2.89. The smallest absolute Gasteiger partial charge is 0.251 e. The van der Waals surface area contributed by atoms with Gasteiger partial charge in [0, 0.05) is 11.8 Å². The van der Waals surface area contributed by atoms with Crippen LogP contribution < -0.4 is 5.56 Å². The van der Waals surface area contributed by atoms with Crippen LogP contribution in [-0.2, 0) is 6.42 Å². The Morgan fingerprint density at radius 3 is 3.05 bits per heavy atom. The van der Waals surface area contributed by atoms with E-state index in [0.29, 0.717) is 10.9 Å². The first-order valence-corrected chi connectivity index (χ1v) is 6.97. The minimum atomic E-state index is -0.189. The second kappa shape index (κ2) is 6.38. The Balaban J connectivity index is 2.03. The van der Waals surface area contributed by atoms with Crippen LogP contribution in [0.5, 0.6) is 0 Å². The van der Waals surface area contributed by atoms with Crippen molar-refractivity contribution in [3.05, 3.63) is 46.3 Å². The molecule has 0 bridgehead atoms. The van der Waals surface area contributed by atoms with Gasteiger partial charge in [0.25, 0.3) is 5.56 Å². The molecule has 5 nitrogen and oxygen atoms in total. The highest BCUT2D eigenvalue weighted by atomic mass is 32.2. The number of nitrogens with one attached hydrogen (secondary N) is 1. The zero-order chi connectivity index (χ0) is 13.7. The Labute approximate surface area is 114 Å². The Morgan fingerprint density at radius 2 is 2.37 bits per heavy atom. The average molecular weight is 278 g/mol. The number of carbonyl (C=O) groups is 1. The highest BCUT2D eigenvalue weighted by Gasteiger charge is 2.10. The van der Waals surface area contributed by atoms with Crippen LogP contribution >= 0.6 is 11.8 Å². The van der Waals surface area contributed by atoms with Gasteiger partial charge in [0.05, 0.1) is 12.0 Å². The Bertz CT molecular complexity index is 605. The molecule has 2 aromatic rings. The number of ketones is 1. The fourth-order valence-corrected chi connectivity index (χ4v) is 2.34. The zero-order valence-electron chi connectivity index (χ0n) is 10.5. The molecule has 0 atom stereocenters. The lowest BCUT2D eigenvalue weighted by Crippen LogP contribution is -2.11. The van der Waals surface area contributed by atoms with Crippen molar-refractivity contribution in [2.24, 2.45) is 0 Å². The third kappa shape index (κ3) is 3.82. The number of H-pyrrole nitrogens is 1. The number of aryl methyl sites for hydroxylation is 1. The van der Waals surface area contributed by atoms with Crippen LogP contribution in [0, 0.1) is 0 Å². The van der Waals surface area contributed by atoms with Crippen LogP contribution in [0.2, 0.25) is 0 Å². The Hall–Kier alpha value is -1.82. The highest BCUT2D eigenvalue weighted by molar-refractivity contribution is 7.99. The Morgan fingerprint density at radius 1 is 1.53 bits per heavy atom. The van der Waals surface area contributed by atoms with Crippen molar-refractivity contribution < 1.29 is 9.21 Å². The van der Waals surface area contributed by atoms with Crippen molar-refractivity contribution >= 4 is 17.5 Å². The molecule has 6 heteroatoms. The summed E-state index contributed by atoms with van der Waals surface area (Å²) >= 11 is 1.20. The fraction of sp³-hybridized carbons (Fsp3) is 0.308. The zero-order valence-corrected chi connectivity index (χ0v) is 11.3. The molecule has 100 valence electrons. The molecule has 0 aliphatic heterocycles. The van der Waals surface area contributed by atoms with Crippen LogP contribution in [0.15, 0.2) is 38.8 Å². The van der Waals surface area contributed by atoms with Crippen molar-refractivity contribution in [3.8, 4) is 0 Å². The maximum absolute atomic E-state index is 11.7. The largest absolute Gasteiger partial charge is 0.461 e. The number of carbonyl (C=O) groups excluding carboxylic acids is 1. The number of nitrogens with zero attached hydrogens (tertiary/aromatic N) is 1. The van der Waals surface area contributed by atoms with Gasteiger partial charge in [-0.05, 0) is 18.6 Å². The molecule has 0 aromatic carbocycles. The van der Waals surface area contributed by atoms with Gasteiger partial charge in [0.2, 0.25) is 5.78 Å². The predicted molar refractivity (Wildman–Crippen MR) is 72.6 cm³/mol. The van der Waals surface area contributed by atoms with Gasteiger partial charge in [-0.15, -0.1) is 0 Å². The first-order chi connectivity index (χ1) is 9.19. The van der Waals surface area contributed by atoms with E-state index in [4.69, 9.17) is 4.42 Å². The summed E-state index contributed by atoms with van der Waals surface area (Å²) in [6, 6.07) is 4.77. The number of Topliss-reactive ketones (excluding diaryl/α,β-unsaturated/α-hetero) is 1. The van der Waals surface area contributed by atoms with E-state index in [1.165, 1.54) is 24.1 Å². The quantitative estimate of drug-likeness (QED) is 0.498. The van der Waals surface area contributed by atoms with Crippen molar-refractivity contribution in [2.75, 3.05) is 5.75 Å². The molecule has 0 spiro atoms. The van der Waals surface area contributed by atoms with E-state index in [1.807, 2.05) is 6.92 Å². The molecule has 1 N–H and O–H groups in total. The lowest BCUT2D eigenvalue weighted by molar-refractivity contribution is 0.0992. The van der Waals surface area contributed by atoms with Gasteiger partial charge in [-0.1, -0.05) is 25.1 Å². The van der Waals surface area contributed by atoms with Gasteiger partial charge in [-0.25, -0.2) is 4.98 Å². The molecule has 0 radical (unpaired) electrons. The second-order valence-corrected chi connectivity index (χ2v) is 4.95. The lowest BCUT2D eigenvalue weighted by atomic mass is 10.2. The summed E-state index contributed by atoms with van der Waals surface area (Å²) in [7, 11) is 0. The summed E-state index contributed by atoms with van der Waals surface area (Å²) in [5.74, 6) is 0.379. The summed E-state index contributed by atoms with van der Waals surface area (Å²) in [4.78, 5) is 30.1. The van der Waals surface area contributed by atoms with Crippen LogP contribution in [0.1, 0.15) is 29.6 Å². The van der Waals surface area contributed by atoms with E-state index in [2.05, 4.69) is 9.97 Å². The molecule has 0 amide bonds. The molecule has 0 fully saturated rings. The van der Waals surface area contributed by atoms with Crippen LogP contribution in [-0.4, -0.2) is 21.5 Å². The van der Waals surface area contributed by atoms with Gasteiger partial charge in [-0.3, -0.25) is 9.59 Å². The van der Waals surface area contributed by atoms with Gasteiger partial charge >= 0.3 is 0 Å². The Kier molecular flexibility index (Phi) is 4.57. The SMILES string of the molecule is CCCc1cc(=O)[nH]c(SCC(=O)c2ccco2)n1. The maximum Gasteiger partial charge on any atom is 0.251 e. The van der Waals surface area contributed by atoms with Gasteiger partial charge in [0.1, 0.15) is 0 Å². The summed E-state index contributed by atoms with van der Waals surface area (Å²) in [5, 5.41) is 0.468. The molecule has 0 aliphatic carbocycles. The molecule has 0 unspecified atom stereocenters. The monoisotopic (exact) mass is 278 g/mol. The van der Waals surface area contributed by atoms with Gasteiger partial charge < -0.3 is 9.40 Å². The molecule has 0 aliphatic rings. The maximum atomic E-state index is 11.7. The third-order valence-corrected chi connectivity index (χ3v) is 3.29. The van der Waals surface area contributed by atoms with Crippen molar-refractivity contribution in [2.45, 2.75) is 24.9 Å². The first kappa shape index (κ1) is 13.6. The van der Waals surface area contributed by atoms with Gasteiger partial charge in [0.15, 0.2) is 10.9 Å². The number of rotatable bonds is 6. The third-order valence-electron chi connectivity index (χ3n) is 2.42. The summed E-state index contributed by atoms with van der Waals surface area (Å²) in [5.41, 5.74) is 0.561. The second-order valence-electron chi connectivity index (χ2n) is 3.98. The molecule has 0 saturated carbocycles. The number of hydrogen-bond donors (Lipinski definition) is 1. The van der Waals surface area contributed by atoms with Crippen LogP contribution in [0.25, 0.3) is 0 Å². The van der Waals surface area contributed by atoms with E-state index < -0.39 is 0 Å². The minimum Gasteiger partial charge on any atom is -0.461 e. The van der Waals surface area contributed by atoms with E-state index >= 15 is 0 Å². The van der Waals surface area contributed by atoms with E-state index in [-0.39, 0.29) is 17.1 Å². The number of hydrogen-bond acceptors (Lipinski definition) is 5. The number of furan rings is 1. The highest BCUT2D eigenvalue weighted by Crippen LogP contribution is 2.14. The van der Waals surface area contributed by atoms with Crippen LogP contribution in [0.3, 0.4) is 0 Å². The lowest BCUT2D eigenvalue weighted by Gasteiger charge is -2.02. The molecular formula is C13H14N2O3S. The first-order valence-electron chi connectivity index (χ1n) is 5.98. The molecule has 19 heavy (non-hydrogen) atoms. The van der Waals surface area contributed by atoms with E-state index in [1.54, 1.807) is 12.1 Å². The molecule has 2 heterocycles. The molecule has 2 aromatic heterocycles. The number of thioether (sulfide) groups is 1. The van der Waals surface area contributed by atoms with Crippen molar-refractivity contribution in [3.63, 3.8) is 0 Å². The fourth-order valence-electron chi connectivity index (χ4n) is 1.58. The van der Waals surface area contributed by atoms with Crippen LogP contribution in [0.4, 0.5) is 0 Å².